The Kier molecular flexibility index (Phi) is 6.57. The Balaban J connectivity index is 1.69. The molecular weight excluding hydrogens is 424 g/mol. The van der Waals surface area contributed by atoms with Crippen LogP contribution < -0.4 is 15.6 Å². The molecule has 0 unspecified atom stereocenters. The number of methoxy groups -OCH3 is 1. The highest BCUT2D eigenvalue weighted by atomic mass is 35.5. The van der Waals surface area contributed by atoms with Gasteiger partial charge in [0.2, 0.25) is 5.91 Å². The van der Waals surface area contributed by atoms with Crippen molar-refractivity contribution >= 4 is 34.1 Å². The summed E-state index contributed by atoms with van der Waals surface area (Å²) in [4.78, 5) is 26.2. The van der Waals surface area contributed by atoms with Crippen LogP contribution >= 0.6 is 11.6 Å². The zero-order chi connectivity index (χ0) is 22.5. The van der Waals surface area contributed by atoms with Gasteiger partial charge in [-0.2, -0.15) is 0 Å². The van der Waals surface area contributed by atoms with Crippen molar-refractivity contribution in [3.8, 4) is 5.75 Å². The quantitative estimate of drug-likeness (QED) is 0.430. The van der Waals surface area contributed by atoms with E-state index in [1.165, 1.54) is 4.57 Å². The molecule has 6 heteroatoms. The van der Waals surface area contributed by atoms with Gasteiger partial charge in [0, 0.05) is 11.6 Å². The van der Waals surface area contributed by atoms with Gasteiger partial charge in [0.25, 0.3) is 5.56 Å². The minimum atomic E-state index is -0.329. The Bertz CT molecular complexity index is 1320. The van der Waals surface area contributed by atoms with Gasteiger partial charge in [-0.15, -0.1) is 0 Å². The number of rotatable bonds is 7. The van der Waals surface area contributed by atoms with E-state index < -0.39 is 0 Å². The number of ether oxygens (including phenoxy) is 1. The molecule has 3 aromatic carbocycles. The average molecular weight is 447 g/mol. The molecule has 0 radical (unpaired) electrons. The largest absolute Gasteiger partial charge is 0.497 e. The van der Waals surface area contributed by atoms with E-state index in [2.05, 4.69) is 5.32 Å². The van der Waals surface area contributed by atoms with Crippen LogP contribution in [0.2, 0.25) is 5.02 Å². The van der Waals surface area contributed by atoms with Crippen LogP contribution in [0.4, 0.5) is 5.69 Å². The van der Waals surface area contributed by atoms with Crippen LogP contribution in [-0.4, -0.2) is 17.6 Å². The SMILES string of the molecule is COc1ccc2cc(CCc3ccccc3)c(=O)n(CC(=O)Nc3ccccc3Cl)c2c1. The van der Waals surface area contributed by atoms with Gasteiger partial charge in [-0.05, 0) is 54.1 Å². The molecule has 0 bridgehead atoms. The lowest BCUT2D eigenvalue weighted by atomic mass is 10.0. The van der Waals surface area contributed by atoms with Crippen LogP contribution in [0.15, 0.2) is 83.7 Å². The zero-order valence-electron chi connectivity index (χ0n) is 17.7. The van der Waals surface area contributed by atoms with Gasteiger partial charge in [-0.25, -0.2) is 0 Å². The molecule has 162 valence electrons. The molecular formula is C26H23ClN2O3. The second-order valence-corrected chi connectivity index (χ2v) is 7.91. The van der Waals surface area contributed by atoms with Gasteiger partial charge in [-0.3, -0.25) is 14.2 Å². The molecule has 1 amide bonds. The number of amides is 1. The Labute approximate surface area is 191 Å². The first-order valence-corrected chi connectivity index (χ1v) is 10.7. The summed E-state index contributed by atoms with van der Waals surface area (Å²) in [6.45, 7) is -0.132. The number of nitrogens with zero attached hydrogens (tertiary/aromatic N) is 1. The van der Waals surface area contributed by atoms with Crippen molar-refractivity contribution in [3.05, 3.63) is 105 Å². The molecule has 4 rings (SSSR count). The van der Waals surface area contributed by atoms with E-state index in [0.29, 0.717) is 34.0 Å². The van der Waals surface area contributed by atoms with Gasteiger partial charge in [0.15, 0.2) is 0 Å². The number of carbonyl (C=O) groups excluding carboxylic acids is 1. The summed E-state index contributed by atoms with van der Waals surface area (Å²) in [5.41, 5.74) is 2.79. The third kappa shape index (κ3) is 4.84. The minimum Gasteiger partial charge on any atom is -0.497 e. The van der Waals surface area contributed by atoms with Crippen LogP contribution in [0.3, 0.4) is 0 Å². The molecule has 0 aliphatic heterocycles. The fourth-order valence-corrected chi connectivity index (χ4v) is 3.88. The number of aromatic nitrogens is 1. The number of anilines is 1. The van der Waals surface area contributed by atoms with Gasteiger partial charge >= 0.3 is 0 Å². The Morgan fingerprint density at radius 1 is 0.969 bits per heavy atom. The van der Waals surface area contributed by atoms with Gasteiger partial charge in [0.1, 0.15) is 12.3 Å². The van der Waals surface area contributed by atoms with Crippen LogP contribution in [-0.2, 0) is 24.2 Å². The number of pyridine rings is 1. The van der Waals surface area contributed by atoms with Gasteiger partial charge in [0.05, 0.1) is 23.3 Å². The maximum atomic E-state index is 13.4. The molecule has 1 aromatic heterocycles. The van der Waals surface area contributed by atoms with Crippen molar-refractivity contribution in [2.45, 2.75) is 19.4 Å². The molecule has 4 aromatic rings. The average Bonchev–Trinajstić information content (AvgIpc) is 2.81. The van der Waals surface area contributed by atoms with Crippen molar-refractivity contribution in [2.75, 3.05) is 12.4 Å². The molecule has 5 nitrogen and oxygen atoms in total. The lowest BCUT2D eigenvalue weighted by molar-refractivity contribution is -0.116. The number of benzene rings is 3. The van der Waals surface area contributed by atoms with Gasteiger partial charge in [-0.1, -0.05) is 54.1 Å². The lowest BCUT2D eigenvalue weighted by Crippen LogP contribution is -2.30. The molecule has 0 aliphatic rings. The van der Waals surface area contributed by atoms with E-state index >= 15 is 0 Å². The summed E-state index contributed by atoms with van der Waals surface area (Å²) in [7, 11) is 1.57. The molecule has 0 spiro atoms. The third-order valence-electron chi connectivity index (χ3n) is 5.35. The van der Waals surface area contributed by atoms with Crippen LogP contribution in [0.1, 0.15) is 11.1 Å². The monoisotopic (exact) mass is 446 g/mol. The molecule has 1 heterocycles. The number of hydrogen-bond donors (Lipinski definition) is 1. The highest BCUT2D eigenvalue weighted by Crippen LogP contribution is 2.23. The summed E-state index contributed by atoms with van der Waals surface area (Å²) in [5, 5.41) is 4.11. The standard InChI is InChI=1S/C26H23ClN2O3/c1-32-21-14-13-19-15-20(12-11-18-7-3-2-4-8-18)26(31)29(24(19)16-21)17-25(30)28-23-10-6-5-9-22(23)27/h2-10,13-16H,11-12,17H2,1H3,(H,28,30). The normalized spacial score (nSPS) is 10.8. The number of hydrogen-bond acceptors (Lipinski definition) is 3. The number of nitrogens with one attached hydrogen (secondary N) is 1. The maximum absolute atomic E-state index is 13.4. The number of carbonyl (C=O) groups is 1. The Hall–Kier alpha value is -3.57. The highest BCUT2D eigenvalue weighted by Gasteiger charge is 2.14. The second-order valence-electron chi connectivity index (χ2n) is 7.50. The Morgan fingerprint density at radius 2 is 1.72 bits per heavy atom. The molecule has 0 aliphatic carbocycles. The van der Waals surface area contributed by atoms with Crippen LogP contribution in [0.25, 0.3) is 10.9 Å². The molecule has 32 heavy (non-hydrogen) atoms. The number of para-hydroxylation sites is 1. The first-order valence-electron chi connectivity index (χ1n) is 10.3. The van der Waals surface area contributed by atoms with Crippen molar-refractivity contribution < 1.29 is 9.53 Å². The summed E-state index contributed by atoms with van der Waals surface area (Å²) >= 11 is 6.16. The van der Waals surface area contributed by atoms with Crippen molar-refractivity contribution in [3.63, 3.8) is 0 Å². The fourth-order valence-electron chi connectivity index (χ4n) is 3.69. The Morgan fingerprint density at radius 3 is 2.47 bits per heavy atom. The predicted octanol–water partition coefficient (Wildman–Crippen LogP) is 5.09. The predicted molar refractivity (Wildman–Crippen MR) is 129 cm³/mol. The summed E-state index contributed by atoms with van der Waals surface area (Å²) in [5.74, 6) is 0.290. The first-order chi connectivity index (χ1) is 15.5. The summed E-state index contributed by atoms with van der Waals surface area (Å²) < 4.78 is 6.84. The number of fused-ring (bicyclic) bond motifs is 1. The zero-order valence-corrected chi connectivity index (χ0v) is 18.4. The van der Waals surface area contributed by atoms with E-state index in [0.717, 1.165) is 17.4 Å². The number of halogens is 1. The van der Waals surface area contributed by atoms with E-state index in [1.807, 2.05) is 48.5 Å². The maximum Gasteiger partial charge on any atom is 0.254 e. The first kappa shape index (κ1) is 21.7. The van der Waals surface area contributed by atoms with Crippen molar-refractivity contribution in [1.82, 2.24) is 4.57 Å². The van der Waals surface area contributed by atoms with Crippen LogP contribution in [0.5, 0.6) is 5.75 Å². The molecule has 0 fully saturated rings. The van der Waals surface area contributed by atoms with E-state index in [1.54, 1.807) is 37.4 Å². The lowest BCUT2D eigenvalue weighted by Gasteiger charge is -2.15. The fraction of sp³-hybridized carbons (Fsp3) is 0.154. The smallest absolute Gasteiger partial charge is 0.254 e. The summed E-state index contributed by atoms with van der Waals surface area (Å²) in [6, 6.07) is 24.5. The number of aryl methyl sites for hydroxylation is 2. The molecule has 1 N–H and O–H groups in total. The summed E-state index contributed by atoms with van der Waals surface area (Å²) in [6.07, 6.45) is 1.32. The molecule has 0 atom stereocenters. The minimum absolute atomic E-state index is 0.132. The topological polar surface area (TPSA) is 60.3 Å². The molecule has 0 saturated carbocycles. The highest BCUT2D eigenvalue weighted by molar-refractivity contribution is 6.33. The third-order valence-corrected chi connectivity index (χ3v) is 5.68. The van der Waals surface area contributed by atoms with Crippen molar-refractivity contribution in [2.24, 2.45) is 0 Å². The second kappa shape index (κ2) is 9.71. The van der Waals surface area contributed by atoms with Crippen LogP contribution in [0, 0.1) is 0 Å². The molecule has 0 saturated heterocycles. The van der Waals surface area contributed by atoms with E-state index in [9.17, 15) is 9.59 Å². The van der Waals surface area contributed by atoms with Gasteiger partial charge < -0.3 is 10.1 Å². The van der Waals surface area contributed by atoms with E-state index in [4.69, 9.17) is 16.3 Å². The van der Waals surface area contributed by atoms with E-state index in [-0.39, 0.29) is 18.0 Å². The van der Waals surface area contributed by atoms with Crippen molar-refractivity contribution in [1.29, 1.82) is 0 Å².